The number of hydrogen-bond donors (Lipinski definition) is 2. The van der Waals surface area contributed by atoms with Gasteiger partial charge in [-0.25, -0.2) is 0 Å². The third-order valence-electron chi connectivity index (χ3n) is 2.22. The summed E-state index contributed by atoms with van der Waals surface area (Å²) in [6.07, 6.45) is 0. The molecule has 0 bridgehead atoms. The van der Waals surface area contributed by atoms with Crippen molar-refractivity contribution in [1.82, 2.24) is 5.32 Å². The zero-order valence-corrected chi connectivity index (χ0v) is 14.5. The van der Waals surface area contributed by atoms with Gasteiger partial charge in [-0.05, 0) is 75.6 Å². The number of hydrogen-bond acceptors (Lipinski definition) is 2. The summed E-state index contributed by atoms with van der Waals surface area (Å²) in [6, 6.07) is 4.24. The molecule has 0 heterocycles. The SMILES string of the molecule is COCC(C)NC(=S)Nc1c(Br)cc(C)cc1Br. The number of aryl methyl sites for hydroxylation is 1. The third-order valence-corrected chi connectivity index (χ3v) is 3.69. The molecule has 2 N–H and O–H groups in total. The van der Waals surface area contributed by atoms with Gasteiger partial charge < -0.3 is 15.4 Å². The minimum absolute atomic E-state index is 0.165. The van der Waals surface area contributed by atoms with Gasteiger partial charge in [-0.15, -0.1) is 0 Å². The van der Waals surface area contributed by atoms with Crippen molar-refractivity contribution < 1.29 is 4.74 Å². The first-order valence-corrected chi connectivity index (χ1v) is 7.45. The highest BCUT2D eigenvalue weighted by molar-refractivity contribution is 9.11. The fourth-order valence-electron chi connectivity index (χ4n) is 1.48. The molecule has 1 aromatic carbocycles. The fraction of sp³-hybridized carbons (Fsp3) is 0.417. The van der Waals surface area contributed by atoms with Crippen LogP contribution in [0.15, 0.2) is 21.1 Å². The van der Waals surface area contributed by atoms with Gasteiger partial charge in [0.25, 0.3) is 0 Å². The normalized spacial score (nSPS) is 12.1. The average Bonchev–Trinajstić information content (AvgIpc) is 2.23. The van der Waals surface area contributed by atoms with Gasteiger partial charge >= 0.3 is 0 Å². The maximum absolute atomic E-state index is 5.26. The first kappa shape index (κ1) is 15.9. The summed E-state index contributed by atoms with van der Waals surface area (Å²) in [5, 5.41) is 6.89. The Balaban J connectivity index is 2.70. The Morgan fingerprint density at radius 3 is 2.44 bits per heavy atom. The van der Waals surface area contributed by atoms with Crippen molar-refractivity contribution in [3.63, 3.8) is 0 Å². The zero-order valence-electron chi connectivity index (χ0n) is 10.5. The molecular weight excluding hydrogens is 380 g/mol. The van der Waals surface area contributed by atoms with E-state index in [-0.39, 0.29) is 6.04 Å². The van der Waals surface area contributed by atoms with E-state index in [4.69, 9.17) is 17.0 Å². The maximum atomic E-state index is 5.26. The number of methoxy groups -OCH3 is 1. The Labute approximate surface area is 130 Å². The zero-order chi connectivity index (χ0) is 13.7. The van der Waals surface area contributed by atoms with Gasteiger partial charge in [0, 0.05) is 22.1 Å². The van der Waals surface area contributed by atoms with Crippen molar-refractivity contribution in [2.75, 3.05) is 19.0 Å². The molecule has 1 rings (SSSR count). The maximum Gasteiger partial charge on any atom is 0.171 e. The molecule has 0 saturated carbocycles. The highest BCUT2D eigenvalue weighted by atomic mass is 79.9. The minimum atomic E-state index is 0.165. The molecule has 0 aromatic heterocycles. The largest absolute Gasteiger partial charge is 0.383 e. The molecule has 0 radical (unpaired) electrons. The van der Waals surface area contributed by atoms with Crippen LogP contribution in [-0.4, -0.2) is 24.9 Å². The van der Waals surface area contributed by atoms with Crippen LogP contribution in [0.1, 0.15) is 12.5 Å². The predicted molar refractivity (Wildman–Crippen MR) is 87.3 cm³/mol. The molecule has 0 aliphatic rings. The van der Waals surface area contributed by atoms with E-state index in [2.05, 4.69) is 42.5 Å². The molecule has 18 heavy (non-hydrogen) atoms. The third kappa shape index (κ3) is 4.84. The van der Waals surface area contributed by atoms with Crippen LogP contribution in [-0.2, 0) is 4.74 Å². The van der Waals surface area contributed by atoms with Crippen molar-refractivity contribution in [3.8, 4) is 0 Å². The fourth-order valence-corrected chi connectivity index (χ4v) is 3.40. The van der Waals surface area contributed by atoms with Crippen LogP contribution in [0.4, 0.5) is 5.69 Å². The number of ether oxygens (including phenoxy) is 1. The summed E-state index contributed by atoms with van der Waals surface area (Å²) in [5.74, 6) is 0. The molecule has 1 aromatic rings. The smallest absolute Gasteiger partial charge is 0.171 e. The van der Waals surface area contributed by atoms with Crippen LogP contribution in [0.2, 0.25) is 0 Å². The number of nitrogens with one attached hydrogen (secondary N) is 2. The summed E-state index contributed by atoms with van der Waals surface area (Å²) < 4.78 is 6.99. The molecule has 3 nitrogen and oxygen atoms in total. The van der Waals surface area contributed by atoms with Gasteiger partial charge in [0.15, 0.2) is 5.11 Å². The second kappa shape index (κ2) is 7.43. The summed E-state index contributed by atoms with van der Waals surface area (Å²) in [4.78, 5) is 0. The van der Waals surface area contributed by atoms with Gasteiger partial charge in [-0.2, -0.15) is 0 Å². The summed E-state index contributed by atoms with van der Waals surface area (Å²) >= 11 is 12.3. The lowest BCUT2D eigenvalue weighted by Crippen LogP contribution is -2.38. The predicted octanol–water partition coefficient (Wildman–Crippen LogP) is 3.84. The minimum Gasteiger partial charge on any atom is -0.383 e. The molecule has 0 aliphatic carbocycles. The lowest BCUT2D eigenvalue weighted by Gasteiger charge is -2.18. The van der Waals surface area contributed by atoms with E-state index in [9.17, 15) is 0 Å². The van der Waals surface area contributed by atoms with Crippen molar-refractivity contribution >= 4 is 54.9 Å². The van der Waals surface area contributed by atoms with Crippen LogP contribution in [0.3, 0.4) is 0 Å². The Morgan fingerprint density at radius 1 is 1.39 bits per heavy atom. The molecule has 100 valence electrons. The van der Waals surface area contributed by atoms with E-state index in [0.717, 1.165) is 14.6 Å². The van der Waals surface area contributed by atoms with Gasteiger partial charge in [0.2, 0.25) is 0 Å². The Hall–Kier alpha value is -0.170. The van der Waals surface area contributed by atoms with E-state index in [1.165, 1.54) is 5.56 Å². The molecule has 0 aliphatic heterocycles. The van der Waals surface area contributed by atoms with Gasteiger partial charge in [0.05, 0.1) is 12.3 Å². The number of thiocarbonyl (C=S) groups is 1. The van der Waals surface area contributed by atoms with Gasteiger partial charge in [0.1, 0.15) is 0 Å². The standard InChI is InChI=1S/C12H16Br2N2OS/c1-7-4-9(13)11(10(14)5-7)16-12(18)15-8(2)6-17-3/h4-5,8H,6H2,1-3H3,(H2,15,16,18). The second-order valence-corrected chi connectivity index (χ2v) is 6.18. The van der Waals surface area contributed by atoms with E-state index < -0.39 is 0 Å². The summed E-state index contributed by atoms with van der Waals surface area (Å²) in [5.41, 5.74) is 2.09. The number of anilines is 1. The topological polar surface area (TPSA) is 33.3 Å². The van der Waals surface area contributed by atoms with Gasteiger partial charge in [-0.3, -0.25) is 0 Å². The lowest BCUT2D eigenvalue weighted by atomic mass is 10.2. The number of benzene rings is 1. The molecular formula is C12H16Br2N2OS. The van der Waals surface area contributed by atoms with Crippen LogP contribution in [0, 0.1) is 6.92 Å². The Bertz CT molecular complexity index is 417. The molecule has 1 unspecified atom stereocenters. The molecule has 0 saturated heterocycles. The second-order valence-electron chi connectivity index (χ2n) is 4.06. The summed E-state index contributed by atoms with van der Waals surface area (Å²) in [7, 11) is 1.67. The molecule has 0 amide bonds. The first-order chi connectivity index (χ1) is 8.43. The van der Waals surface area contributed by atoms with Crippen LogP contribution < -0.4 is 10.6 Å². The van der Waals surface area contributed by atoms with E-state index >= 15 is 0 Å². The molecule has 0 spiro atoms. The monoisotopic (exact) mass is 394 g/mol. The van der Waals surface area contributed by atoms with Crippen LogP contribution in [0.5, 0.6) is 0 Å². The number of rotatable bonds is 4. The van der Waals surface area contributed by atoms with Crippen molar-refractivity contribution in [2.45, 2.75) is 19.9 Å². The first-order valence-electron chi connectivity index (χ1n) is 5.46. The molecule has 0 fully saturated rings. The van der Waals surface area contributed by atoms with E-state index in [1.54, 1.807) is 7.11 Å². The molecule has 1 atom stereocenters. The highest BCUT2D eigenvalue weighted by Crippen LogP contribution is 2.32. The van der Waals surface area contributed by atoms with Gasteiger partial charge in [-0.1, -0.05) is 0 Å². The van der Waals surface area contributed by atoms with Crippen LogP contribution >= 0.6 is 44.1 Å². The summed E-state index contributed by atoms with van der Waals surface area (Å²) in [6.45, 7) is 4.66. The van der Waals surface area contributed by atoms with E-state index in [1.807, 2.05) is 26.0 Å². The number of halogens is 2. The highest BCUT2D eigenvalue weighted by Gasteiger charge is 2.09. The average molecular weight is 396 g/mol. The quantitative estimate of drug-likeness (QED) is 0.758. The van der Waals surface area contributed by atoms with E-state index in [0.29, 0.717) is 11.7 Å². The Kier molecular flexibility index (Phi) is 6.55. The lowest BCUT2D eigenvalue weighted by molar-refractivity contribution is 0.179. The van der Waals surface area contributed by atoms with Crippen LogP contribution in [0.25, 0.3) is 0 Å². The molecule has 6 heteroatoms. The van der Waals surface area contributed by atoms with Crippen molar-refractivity contribution in [2.24, 2.45) is 0 Å². The van der Waals surface area contributed by atoms with Crippen molar-refractivity contribution in [3.05, 3.63) is 26.6 Å². The van der Waals surface area contributed by atoms with Crippen molar-refractivity contribution in [1.29, 1.82) is 0 Å². The Morgan fingerprint density at radius 2 is 1.94 bits per heavy atom.